The van der Waals surface area contributed by atoms with Crippen LogP contribution in [0, 0.1) is 6.92 Å². The van der Waals surface area contributed by atoms with Crippen molar-refractivity contribution in [3.05, 3.63) is 53.4 Å². The molecule has 4 nitrogen and oxygen atoms in total. The highest BCUT2D eigenvalue weighted by molar-refractivity contribution is 6.31. The first-order valence-electron chi connectivity index (χ1n) is 5.83. The maximum absolute atomic E-state index is 6.01. The van der Waals surface area contributed by atoms with Crippen LogP contribution in [0.5, 0.6) is 0 Å². The summed E-state index contributed by atoms with van der Waals surface area (Å²) >= 11 is 6.01. The Bertz CT molecular complexity index is 737. The Morgan fingerprint density at radius 3 is 2.84 bits per heavy atom. The maximum atomic E-state index is 6.01. The van der Waals surface area contributed by atoms with Crippen molar-refractivity contribution in [1.29, 1.82) is 0 Å². The molecule has 19 heavy (non-hydrogen) atoms. The first-order chi connectivity index (χ1) is 9.24. The lowest BCUT2D eigenvalue weighted by atomic mass is 10.2. The van der Waals surface area contributed by atoms with Gasteiger partial charge in [0.2, 0.25) is 0 Å². The summed E-state index contributed by atoms with van der Waals surface area (Å²) < 4.78 is 0. The average Bonchev–Trinajstić information content (AvgIpc) is 2.43. The summed E-state index contributed by atoms with van der Waals surface area (Å²) in [5.41, 5.74) is 3.49. The van der Waals surface area contributed by atoms with Crippen molar-refractivity contribution < 1.29 is 0 Å². The number of hydrogen-bond donors (Lipinski definition) is 1. The second-order valence-corrected chi connectivity index (χ2v) is 4.59. The smallest absolute Gasteiger partial charge is 0.160 e. The van der Waals surface area contributed by atoms with E-state index in [1.165, 1.54) is 6.33 Å². The third kappa shape index (κ3) is 2.35. The zero-order chi connectivity index (χ0) is 13.2. The summed E-state index contributed by atoms with van der Waals surface area (Å²) in [6, 6.07) is 9.50. The molecule has 0 spiro atoms. The topological polar surface area (TPSA) is 50.7 Å². The van der Waals surface area contributed by atoms with E-state index < -0.39 is 0 Å². The third-order valence-corrected chi connectivity index (χ3v) is 3.24. The van der Waals surface area contributed by atoms with E-state index >= 15 is 0 Å². The van der Waals surface area contributed by atoms with E-state index in [0.29, 0.717) is 5.82 Å². The van der Waals surface area contributed by atoms with Crippen molar-refractivity contribution in [3.8, 4) is 0 Å². The minimum absolute atomic E-state index is 0.687. The number of halogens is 1. The van der Waals surface area contributed by atoms with Crippen LogP contribution in [-0.4, -0.2) is 15.0 Å². The quantitative estimate of drug-likeness (QED) is 0.771. The van der Waals surface area contributed by atoms with Crippen LogP contribution in [0.3, 0.4) is 0 Å². The maximum Gasteiger partial charge on any atom is 0.160 e. The van der Waals surface area contributed by atoms with Gasteiger partial charge in [0.15, 0.2) is 5.82 Å². The van der Waals surface area contributed by atoms with E-state index in [-0.39, 0.29) is 0 Å². The SMILES string of the molecule is Cc1cc(Nc2ncnc3cccnc23)ccc1Cl. The number of anilines is 2. The normalized spacial score (nSPS) is 10.6. The van der Waals surface area contributed by atoms with Crippen LogP contribution < -0.4 is 5.32 Å². The molecule has 1 aromatic carbocycles. The number of fused-ring (bicyclic) bond motifs is 1. The third-order valence-electron chi connectivity index (χ3n) is 2.82. The Kier molecular flexibility index (Phi) is 3.01. The van der Waals surface area contributed by atoms with Crippen LogP contribution in [-0.2, 0) is 0 Å². The van der Waals surface area contributed by atoms with Gasteiger partial charge in [0.25, 0.3) is 0 Å². The van der Waals surface area contributed by atoms with Crippen LogP contribution in [0.1, 0.15) is 5.56 Å². The van der Waals surface area contributed by atoms with Gasteiger partial charge in [-0.15, -0.1) is 0 Å². The zero-order valence-electron chi connectivity index (χ0n) is 10.3. The molecule has 0 bridgehead atoms. The molecule has 0 saturated heterocycles. The summed E-state index contributed by atoms with van der Waals surface area (Å²) in [4.78, 5) is 12.7. The lowest BCUT2D eigenvalue weighted by Gasteiger charge is -2.08. The molecule has 0 saturated carbocycles. The summed E-state index contributed by atoms with van der Waals surface area (Å²) in [5.74, 6) is 0.687. The van der Waals surface area contributed by atoms with Crippen LogP contribution >= 0.6 is 11.6 Å². The van der Waals surface area contributed by atoms with E-state index in [0.717, 1.165) is 27.3 Å². The fourth-order valence-electron chi connectivity index (χ4n) is 1.84. The van der Waals surface area contributed by atoms with Crippen molar-refractivity contribution in [3.63, 3.8) is 0 Å². The van der Waals surface area contributed by atoms with Gasteiger partial charge in [-0.1, -0.05) is 11.6 Å². The second kappa shape index (κ2) is 4.82. The molecule has 0 radical (unpaired) electrons. The number of benzene rings is 1. The molecule has 94 valence electrons. The van der Waals surface area contributed by atoms with Crippen LogP contribution in [0.15, 0.2) is 42.9 Å². The Morgan fingerprint density at radius 1 is 1.11 bits per heavy atom. The number of pyridine rings is 1. The van der Waals surface area contributed by atoms with E-state index in [9.17, 15) is 0 Å². The van der Waals surface area contributed by atoms with Gasteiger partial charge in [-0.05, 0) is 42.8 Å². The lowest BCUT2D eigenvalue weighted by molar-refractivity contribution is 1.19. The summed E-state index contributed by atoms with van der Waals surface area (Å²) in [5, 5.41) is 3.99. The van der Waals surface area contributed by atoms with E-state index in [1.807, 2.05) is 37.3 Å². The Labute approximate surface area is 115 Å². The van der Waals surface area contributed by atoms with E-state index in [1.54, 1.807) is 6.20 Å². The number of nitrogens with zero attached hydrogens (tertiary/aromatic N) is 3. The van der Waals surface area contributed by atoms with Crippen molar-refractivity contribution in [2.75, 3.05) is 5.32 Å². The number of nitrogens with one attached hydrogen (secondary N) is 1. The Balaban J connectivity index is 2.03. The molecular formula is C14H11ClN4. The molecule has 0 aliphatic carbocycles. The van der Waals surface area contributed by atoms with E-state index in [4.69, 9.17) is 11.6 Å². The first-order valence-corrected chi connectivity index (χ1v) is 6.21. The van der Waals surface area contributed by atoms with Crippen molar-refractivity contribution in [2.24, 2.45) is 0 Å². The molecule has 0 amide bonds. The number of rotatable bonds is 2. The highest BCUT2D eigenvalue weighted by atomic mass is 35.5. The molecule has 0 aliphatic heterocycles. The molecular weight excluding hydrogens is 260 g/mol. The molecule has 0 aliphatic rings. The predicted molar refractivity (Wildman–Crippen MR) is 76.8 cm³/mol. The predicted octanol–water partition coefficient (Wildman–Crippen LogP) is 3.73. The van der Waals surface area contributed by atoms with Gasteiger partial charge in [-0.25, -0.2) is 9.97 Å². The van der Waals surface area contributed by atoms with Crippen molar-refractivity contribution in [2.45, 2.75) is 6.92 Å². The standard InChI is InChI=1S/C14H11ClN4/c1-9-7-10(4-5-11(9)15)19-14-13-12(17-8-18-14)3-2-6-16-13/h2-8H,1H3,(H,17,18,19). The fourth-order valence-corrected chi connectivity index (χ4v) is 1.96. The molecule has 5 heteroatoms. The number of aromatic nitrogens is 3. The second-order valence-electron chi connectivity index (χ2n) is 4.18. The molecule has 1 N–H and O–H groups in total. The summed E-state index contributed by atoms with van der Waals surface area (Å²) in [6.07, 6.45) is 3.25. The summed E-state index contributed by atoms with van der Waals surface area (Å²) in [6.45, 7) is 1.96. The van der Waals surface area contributed by atoms with E-state index in [2.05, 4.69) is 20.3 Å². The van der Waals surface area contributed by atoms with Crippen molar-refractivity contribution in [1.82, 2.24) is 15.0 Å². The minimum Gasteiger partial charge on any atom is -0.338 e. The fraction of sp³-hybridized carbons (Fsp3) is 0.0714. The molecule has 3 rings (SSSR count). The van der Waals surface area contributed by atoms with Gasteiger partial charge in [-0.3, -0.25) is 4.98 Å². The van der Waals surface area contributed by atoms with Gasteiger partial charge in [0.1, 0.15) is 11.8 Å². The zero-order valence-corrected chi connectivity index (χ0v) is 11.0. The van der Waals surface area contributed by atoms with Gasteiger partial charge in [-0.2, -0.15) is 0 Å². The van der Waals surface area contributed by atoms with Crippen LogP contribution in [0.25, 0.3) is 11.0 Å². The molecule has 0 fully saturated rings. The molecule has 0 atom stereocenters. The van der Waals surface area contributed by atoms with Crippen molar-refractivity contribution >= 4 is 34.1 Å². The Hall–Kier alpha value is -2.20. The van der Waals surface area contributed by atoms with Gasteiger partial charge >= 0.3 is 0 Å². The average molecular weight is 271 g/mol. The minimum atomic E-state index is 0.687. The molecule has 2 aromatic heterocycles. The lowest BCUT2D eigenvalue weighted by Crippen LogP contribution is -1.97. The summed E-state index contributed by atoms with van der Waals surface area (Å²) in [7, 11) is 0. The highest BCUT2D eigenvalue weighted by Crippen LogP contribution is 2.24. The molecule has 3 aromatic rings. The number of hydrogen-bond acceptors (Lipinski definition) is 4. The van der Waals surface area contributed by atoms with Gasteiger partial charge < -0.3 is 5.32 Å². The largest absolute Gasteiger partial charge is 0.338 e. The molecule has 2 heterocycles. The highest BCUT2D eigenvalue weighted by Gasteiger charge is 2.05. The molecule has 0 unspecified atom stereocenters. The van der Waals surface area contributed by atoms with Crippen LogP contribution in [0.2, 0.25) is 5.02 Å². The monoisotopic (exact) mass is 270 g/mol. The Morgan fingerprint density at radius 2 is 2.00 bits per heavy atom. The van der Waals surface area contributed by atoms with Gasteiger partial charge in [0.05, 0.1) is 5.52 Å². The first kappa shape index (κ1) is 11.9. The number of aryl methyl sites for hydroxylation is 1. The van der Waals surface area contributed by atoms with Gasteiger partial charge in [0, 0.05) is 16.9 Å². The van der Waals surface area contributed by atoms with Crippen LogP contribution in [0.4, 0.5) is 11.5 Å².